The van der Waals surface area contributed by atoms with Gasteiger partial charge < -0.3 is 4.42 Å². The van der Waals surface area contributed by atoms with Gasteiger partial charge in [-0.05, 0) is 71.6 Å². The molecule has 2 fully saturated rings. The predicted octanol–water partition coefficient (Wildman–Crippen LogP) is 9.83. The molecule has 3 atom stereocenters. The highest BCUT2D eigenvalue weighted by Crippen LogP contribution is 2.53. The molecule has 4 heteroatoms. The number of fused-ring (bicyclic) bond motifs is 6. The van der Waals surface area contributed by atoms with E-state index in [-0.39, 0.29) is 0 Å². The Labute approximate surface area is 244 Å². The summed E-state index contributed by atoms with van der Waals surface area (Å²) in [5, 5.41) is 4.45. The lowest BCUT2D eigenvalue weighted by Crippen LogP contribution is -2.08. The summed E-state index contributed by atoms with van der Waals surface area (Å²) >= 11 is 0. The van der Waals surface area contributed by atoms with Crippen molar-refractivity contribution in [3.8, 4) is 34.2 Å². The molecule has 2 aromatic heterocycles. The first-order chi connectivity index (χ1) is 20.8. The van der Waals surface area contributed by atoms with Crippen molar-refractivity contribution in [1.82, 2.24) is 15.0 Å². The molecule has 2 bridgehead atoms. The molecule has 202 valence electrons. The number of benzene rings is 5. The molecule has 0 amide bonds. The number of aromatic nitrogens is 3. The van der Waals surface area contributed by atoms with E-state index in [2.05, 4.69) is 78.9 Å². The van der Waals surface area contributed by atoms with Crippen LogP contribution in [0.25, 0.3) is 66.9 Å². The Morgan fingerprint density at radius 1 is 0.571 bits per heavy atom. The van der Waals surface area contributed by atoms with Crippen LogP contribution >= 0.6 is 0 Å². The van der Waals surface area contributed by atoms with E-state index in [1.807, 2.05) is 30.3 Å². The van der Waals surface area contributed by atoms with Crippen LogP contribution < -0.4 is 0 Å². The third-order valence-electron chi connectivity index (χ3n) is 9.62. The molecule has 3 unspecified atom stereocenters. The third kappa shape index (κ3) is 3.86. The first-order valence-electron chi connectivity index (χ1n) is 15.0. The molecule has 42 heavy (non-hydrogen) atoms. The SMILES string of the molecule is c1ccc2cc(-c3nc(-c4ccc(C5CC6CCC5C6)cc4)nc(-c4cccc5oc6ccccc6c45)n3)ccc2c1. The molecule has 9 rings (SSSR count). The Balaban J connectivity index is 1.22. The number of rotatable bonds is 4. The average molecular weight is 544 g/mol. The monoisotopic (exact) mass is 543 g/mol. The molecule has 0 N–H and O–H groups in total. The van der Waals surface area contributed by atoms with Crippen molar-refractivity contribution in [2.45, 2.75) is 31.6 Å². The molecule has 5 aromatic carbocycles. The van der Waals surface area contributed by atoms with Crippen LogP contribution in [-0.4, -0.2) is 15.0 Å². The molecule has 2 heterocycles. The zero-order chi connectivity index (χ0) is 27.6. The van der Waals surface area contributed by atoms with Gasteiger partial charge >= 0.3 is 0 Å². The summed E-state index contributed by atoms with van der Waals surface area (Å²) in [6.45, 7) is 0. The summed E-state index contributed by atoms with van der Waals surface area (Å²) in [5.74, 6) is 4.49. The van der Waals surface area contributed by atoms with E-state index in [0.29, 0.717) is 23.4 Å². The van der Waals surface area contributed by atoms with Gasteiger partial charge in [0.05, 0.1) is 0 Å². The second-order valence-corrected chi connectivity index (χ2v) is 12.0. The van der Waals surface area contributed by atoms with Crippen molar-refractivity contribution in [3.63, 3.8) is 0 Å². The largest absolute Gasteiger partial charge is 0.456 e. The van der Waals surface area contributed by atoms with Crippen LogP contribution in [0.15, 0.2) is 114 Å². The summed E-state index contributed by atoms with van der Waals surface area (Å²) in [4.78, 5) is 15.2. The highest BCUT2D eigenvalue weighted by molar-refractivity contribution is 6.11. The zero-order valence-electron chi connectivity index (χ0n) is 23.2. The van der Waals surface area contributed by atoms with Crippen molar-refractivity contribution >= 4 is 32.7 Å². The molecular formula is C38H29N3O. The topological polar surface area (TPSA) is 51.8 Å². The van der Waals surface area contributed by atoms with Gasteiger partial charge in [-0.25, -0.2) is 15.0 Å². The Bertz CT molecular complexity index is 2130. The van der Waals surface area contributed by atoms with Crippen LogP contribution in [-0.2, 0) is 0 Å². The van der Waals surface area contributed by atoms with Gasteiger partial charge in [0.1, 0.15) is 11.2 Å². The summed E-state index contributed by atoms with van der Waals surface area (Å²) in [7, 11) is 0. The van der Waals surface area contributed by atoms with Gasteiger partial charge in [-0.2, -0.15) is 0 Å². The maximum atomic E-state index is 6.20. The lowest BCUT2D eigenvalue weighted by Gasteiger charge is -2.22. The average Bonchev–Trinajstić information content (AvgIpc) is 3.79. The molecule has 7 aromatic rings. The molecule has 4 nitrogen and oxygen atoms in total. The van der Waals surface area contributed by atoms with E-state index in [1.54, 1.807) is 0 Å². The first kappa shape index (κ1) is 23.8. The predicted molar refractivity (Wildman–Crippen MR) is 169 cm³/mol. The van der Waals surface area contributed by atoms with Crippen molar-refractivity contribution in [3.05, 3.63) is 115 Å². The minimum absolute atomic E-state index is 0.650. The molecule has 0 saturated heterocycles. The summed E-state index contributed by atoms with van der Waals surface area (Å²) in [6, 6.07) is 38.1. The van der Waals surface area contributed by atoms with Crippen molar-refractivity contribution in [2.75, 3.05) is 0 Å². The summed E-state index contributed by atoms with van der Waals surface area (Å²) in [6.07, 6.45) is 5.56. The Hall–Kier alpha value is -4.83. The van der Waals surface area contributed by atoms with Gasteiger partial charge in [0.15, 0.2) is 17.5 Å². The lowest BCUT2D eigenvalue weighted by molar-refractivity contribution is 0.420. The Morgan fingerprint density at radius 3 is 2.14 bits per heavy atom. The molecule has 0 spiro atoms. The van der Waals surface area contributed by atoms with Gasteiger partial charge in [0, 0.05) is 27.5 Å². The second kappa shape index (κ2) is 9.35. The normalized spacial score (nSPS) is 19.8. The minimum Gasteiger partial charge on any atom is -0.456 e. The fourth-order valence-corrected chi connectivity index (χ4v) is 7.58. The summed E-state index contributed by atoms with van der Waals surface area (Å²) in [5.41, 5.74) is 6.09. The highest BCUT2D eigenvalue weighted by Gasteiger charge is 2.40. The van der Waals surface area contributed by atoms with E-state index >= 15 is 0 Å². The number of furan rings is 1. The van der Waals surface area contributed by atoms with Crippen molar-refractivity contribution < 1.29 is 4.42 Å². The van der Waals surface area contributed by atoms with E-state index in [4.69, 9.17) is 19.4 Å². The van der Waals surface area contributed by atoms with Crippen LogP contribution in [0.2, 0.25) is 0 Å². The fraction of sp³-hybridized carbons (Fsp3) is 0.184. The molecule has 0 aliphatic heterocycles. The van der Waals surface area contributed by atoms with Crippen molar-refractivity contribution in [1.29, 1.82) is 0 Å². The fourth-order valence-electron chi connectivity index (χ4n) is 7.58. The van der Waals surface area contributed by atoms with Crippen LogP contribution in [0.3, 0.4) is 0 Å². The lowest BCUT2D eigenvalue weighted by atomic mass is 9.83. The number of hydrogen-bond donors (Lipinski definition) is 0. The van der Waals surface area contributed by atoms with Crippen molar-refractivity contribution in [2.24, 2.45) is 11.8 Å². The summed E-state index contributed by atoms with van der Waals surface area (Å²) < 4.78 is 6.20. The van der Waals surface area contributed by atoms with E-state index in [0.717, 1.165) is 55.9 Å². The molecule has 2 aliphatic carbocycles. The molecular weight excluding hydrogens is 514 g/mol. The molecule has 2 saturated carbocycles. The van der Waals surface area contributed by atoms with Gasteiger partial charge in [-0.15, -0.1) is 0 Å². The number of nitrogens with zero attached hydrogens (tertiary/aromatic N) is 3. The maximum absolute atomic E-state index is 6.20. The standard InChI is InChI=1S/C38H29N3O/c1-2-7-27-22-29(19-14-24(27)6-1)37-39-36(26-17-15-25(16-18-26)32-21-23-12-13-28(32)20-23)40-38(41-37)31-9-5-11-34-35(31)30-8-3-4-10-33(30)42-34/h1-11,14-19,22-23,28,32H,12-13,20-21H2. The van der Waals surface area contributed by atoms with Gasteiger partial charge in [-0.3, -0.25) is 0 Å². The first-order valence-corrected chi connectivity index (χ1v) is 15.0. The minimum atomic E-state index is 0.650. The maximum Gasteiger partial charge on any atom is 0.164 e. The van der Waals surface area contributed by atoms with Crippen LogP contribution in [0.1, 0.15) is 37.2 Å². The van der Waals surface area contributed by atoms with Crippen LogP contribution in [0.5, 0.6) is 0 Å². The van der Waals surface area contributed by atoms with E-state index < -0.39 is 0 Å². The van der Waals surface area contributed by atoms with Crippen LogP contribution in [0, 0.1) is 11.8 Å². The van der Waals surface area contributed by atoms with Gasteiger partial charge in [0.2, 0.25) is 0 Å². The Morgan fingerprint density at radius 2 is 1.31 bits per heavy atom. The Kier molecular flexibility index (Phi) is 5.31. The zero-order valence-corrected chi connectivity index (χ0v) is 23.2. The van der Waals surface area contributed by atoms with Gasteiger partial charge in [-0.1, -0.05) is 97.4 Å². The van der Waals surface area contributed by atoms with Crippen LogP contribution in [0.4, 0.5) is 0 Å². The smallest absolute Gasteiger partial charge is 0.164 e. The number of para-hydroxylation sites is 1. The van der Waals surface area contributed by atoms with E-state index in [9.17, 15) is 0 Å². The number of hydrogen-bond acceptors (Lipinski definition) is 4. The second-order valence-electron chi connectivity index (χ2n) is 12.0. The molecule has 0 radical (unpaired) electrons. The highest BCUT2D eigenvalue weighted by atomic mass is 16.3. The van der Waals surface area contributed by atoms with Gasteiger partial charge in [0.25, 0.3) is 0 Å². The quantitative estimate of drug-likeness (QED) is 0.222. The van der Waals surface area contributed by atoms with E-state index in [1.165, 1.54) is 36.6 Å². The molecule has 2 aliphatic rings. The third-order valence-corrected chi connectivity index (χ3v) is 9.62.